The summed E-state index contributed by atoms with van der Waals surface area (Å²) in [5, 5.41) is 9.61. The van der Waals surface area contributed by atoms with Crippen LogP contribution in [-0.4, -0.2) is 29.6 Å². The molecule has 1 aliphatic heterocycles. The Morgan fingerprint density at radius 1 is 1.35 bits per heavy atom. The van der Waals surface area contributed by atoms with Gasteiger partial charge < -0.3 is 10.0 Å². The van der Waals surface area contributed by atoms with Crippen LogP contribution in [0.4, 0.5) is 0 Å². The van der Waals surface area contributed by atoms with E-state index in [2.05, 4.69) is 11.0 Å². The fraction of sp³-hybridized carbons (Fsp3) is 0.600. The average Bonchev–Trinajstić information content (AvgIpc) is 3.20. The van der Waals surface area contributed by atoms with Crippen molar-refractivity contribution >= 4 is 0 Å². The van der Waals surface area contributed by atoms with Crippen LogP contribution < -0.4 is 0 Å². The molecule has 1 heterocycles. The predicted molar refractivity (Wildman–Crippen MR) is 67.1 cm³/mol. The number of phenolic OH excluding ortho intramolecular Hbond substituents is 1. The van der Waals surface area contributed by atoms with Gasteiger partial charge in [-0.15, -0.1) is 0 Å². The molecule has 1 saturated heterocycles. The summed E-state index contributed by atoms with van der Waals surface area (Å²) in [6, 6.07) is 7.92. The van der Waals surface area contributed by atoms with Gasteiger partial charge in [0.1, 0.15) is 5.75 Å². The molecular formula is C15H19NO. The van der Waals surface area contributed by atoms with E-state index in [1.807, 2.05) is 12.1 Å². The highest BCUT2D eigenvalue weighted by atomic mass is 16.3. The molecule has 1 aromatic rings. The van der Waals surface area contributed by atoms with Crippen LogP contribution in [0.1, 0.15) is 24.8 Å². The lowest BCUT2D eigenvalue weighted by Gasteiger charge is -2.20. The summed E-state index contributed by atoms with van der Waals surface area (Å²) in [5.74, 6) is 2.26. The Kier molecular flexibility index (Phi) is 1.91. The zero-order valence-corrected chi connectivity index (χ0v) is 10.1. The largest absolute Gasteiger partial charge is 0.508 e. The summed E-state index contributed by atoms with van der Waals surface area (Å²) in [6.45, 7) is 3.82. The van der Waals surface area contributed by atoms with Crippen molar-refractivity contribution in [2.45, 2.75) is 24.7 Å². The summed E-state index contributed by atoms with van der Waals surface area (Å²) in [4.78, 5) is 2.65. The Morgan fingerprint density at radius 3 is 3.00 bits per heavy atom. The number of piperidine rings is 1. The van der Waals surface area contributed by atoms with E-state index in [0.717, 1.165) is 11.8 Å². The second-order valence-electron chi connectivity index (χ2n) is 6.24. The van der Waals surface area contributed by atoms with Gasteiger partial charge in [0.25, 0.3) is 0 Å². The maximum Gasteiger partial charge on any atom is 0.115 e. The lowest BCUT2D eigenvalue weighted by Crippen LogP contribution is -2.28. The molecular weight excluding hydrogens is 210 g/mol. The normalized spacial score (nSPS) is 35.9. The fourth-order valence-corrected chi connectivity index (χ4v) is 3.65. The number of likely N-dealkylation sites (tertiary alicyclic amines) is 1. The molecule has 3 aliphatic rings. The number of nitrogens with zero attached hydrogens (tertiary/aromatic N) is 1. The summed E-state index contributed by atoms with van der Waals surface area (Å²) >= 11 is 0. The Hall–Kier alpha value is -1.02. The second kappa shape index (κ2) is 3.26. The van der Waals surface area contributed by atoms with Gasteiger partial charge in [0.05, 0.1) is 0 Å². The maximum absolute atomic E-state index is 9.61. The Balaban J connectivity index is 1.54. The van der Waals surface area contributed by atoms with E-state index in [1.54, 1.807) is 6.07 Å². The molecule has 1 N–H and O–H groups in total. The van der Waals surface area contributed by atoms with Crippen LogP contribution in [0.15, 0.2) is 24.3 Å². The van der Waals surface area contributed by atoms with E-state index in [0.29, 0.717) is 11.2 Å². The number of rotatable bonds is 3. The van der Waals surface area contributed by atoms with Gasteiger partial charge in [-0.1, -0.05) is 12.1 Å². The van der Waals surface area contributed by atoms with E-state index in [4.69, 9.17) is 0 Å². The highest BCUT2D eigenvalue weighted by Gasteiger charge is 2.60. The molecule has 0 radical (unpaired) electrons. The van der Waals surface area contributed by atoms with Crippen molar-refractivity contribution in [3.8, 4) is 5.75 Å². The van der Waals surface area contributed by atoms with E-state index >= 15 is 0 Å². The minimum Gasteiger partial charge on any atom is -0.508 e. The molecule has 1 aromatic carbocycles. The van der Waals surface area contributed by atoms with Crippen molar-refractivity contribution in [1.29, 1.82) is 0 Å². The summed E-state index contributed by atoms with van der Waals surface area (Å²) in [7, 11) is 0. The molecule has 2 aliphatic carbocycles. The molecule has 0 aromatic heterocycles. The van der Waals surface area contributed by atoms with E-state index in [9.17, 15) is 5.11 Å². The molecule has 2 heteroatoms. The SMILES string of the molecule is Oc1cccc(C23CC2CN(CC2CC2)C3)c1. The van der Waals surface area contributed by atoms with Gasteiger partial charge >= 0.3 is 0 Å². The molecule has 3 fully saturated rings. The Labute approximate surface area is 102 Å². The van der Waals surface area contributed by atoms with Crippen molar-refractivity contribution in [3.63, 3.8) is 0 Å². The maximum atomic E-state index is 9.61. The minimum atomic E-state index is 0.396. The number of aromatic hydroxyl groups is 1. The second-order valence-corrected chi connectivity index (χ2v) is 6.24. The van der Waals surface area contributed by atoms with Crippen molar-refractivity contribution in [3.05, 3.63) is 29.8 Å². The molecule has 0 spiro atoms. The Bertz CT molecular complexity index is 454. The third-order valence-corrected chi connectivity index (χ3v) is 4.85. The van der Waals surface area contributed by atoms with Crippen molar-refractivity contribution in [1.82, 2.24) is 4.90 Å². The number of benzene rings is 1. The topological polar surface area (TPSA) is 23.5 Å². The zero-order valence-electron chi connectivity index (χ0n) is 10.1. The van der Waals surface area contributed by atoms with Crippen LogP contribution in [0.5, 0.6) is 5.75 Å². The number of fused-ring (bicyclic) bond motifs is 1. The van der Waals surface area contributed by atoms with Crippen LogP contribution in [0, 0.1) is 11.8 Å². The minimum absolute atomic E-state index is 0.396. The average molecular weight is 229 g/mol. The quantitative estimate of drug-likeness (QED) is 0.860. The highest BCUT2D eigenvalue weighted by molar-refractivity contribution is 5.40. The first-order valence-electron chi connectivity index (χ1n) is 6.78. The smallest absolute Gasteiger partial charge is 0.115 e. The molecule has 2 atom stereocenters. The van der Waals surface area contributed by atoms with E-state index in [-0.39, 0.29) is 0 Å². The Morgan fingerprint density at radius 2 is 2.24 bits per heavy atom. The van der Waals surface area contributed by atoms with E-state index in [1.165, 1.54) is 44.5 Å². The first-order chi connectivity index (χ1) is 8.26. The first kappa shape index (κ1) is 9.95. The fourth-order valence-electron chi connectivity index (χ4n) is 3.65. The predicted octanol–water partition coefficient (Wildman–Crippen LogP) is 2.38. The lowest BCUT2D eigenvalue weighted by molar-refractivity contribution is 0.286. The molecule has 90 valence electrons. The molecule has 2 nitrogen and oxygen atoms in total. The van der Waals surface area contributed by atoms with Crippen LogP contribution in [0.3, 0.4) is 0 Å². The van der Waals surface area contributed by atoms with Gasteiger partial charge in [0.2, 0.25) is 0 Å². The van der Waals surface area contributed by atoms with Crippen molar-refractivity contribution in [2.75, 3.05) is 19.6 Å². The van der Waals surface area contributed by atoms with Gasteiger partial charge in [-0.25, -0.2) is 0 Å². The lowest BCUT2D eigenvalue weighted by atomic mass is 9.95. The first-order valence-corrected chi connectivity index (χ1v) is 6.78. The van der Waals surface area contributed by atoms with Crippen molar-refractivity contribution < 1.29 is 5.11 Å². The molecule has 0 bridgehead atoms. The molecule has 2 saturated carbocycles. The third kappa shape index (κ3) is 1.58. The summed E-state index contributed by atoms with van der Waals surface area (Å²) < 4.78 is 0. The monoisotopic (exact) mass is 229 g/mol. The van der Waals surface area contributed by atoms with Crippen LogP contribution in [0.2, 0.25) is 0 Å². The number of hydrogen-bond acceptors (Lipinski definition) is 2. The molecule has 4 rings (SSSR count). The number of phenols is 1. The zero-order chi connectivity index (χ0) is 11.5. The van der Waals surface area contributed by atoms with Crippen LogP contribution in [0.25, 0.3) is 0 Å². The number of hydrogen-bond donors (Lipinski definition) is 1. The van der Waals surface area contributed by atoms with Gasteiger partial charge in [-0.2, -0.15) is 0 Å². The van der Waals surface area contributed by atoms with Gasteiger partial charge in [-0.3, -0.25) is 0 Å². The van der Waals surface area contributed by atoms with E-state index < -0.39 is 0 Å². The van der Waals surface area contributed by atoms with Crippen LogP contribution >= 0.6 is 0 Å². The van der Waals surface area contributed by atoms with Gasteiger partial charge in [0, 0.05) is 25.0 Å². The molecule has 0 amide bonds. The summed E-state index contributed by atoms with van der Waals surface area (Å²) in [6.07, 6.45) is 4.22. The van der Waals surface area contributed by atoms with Gasteiger partial charge in [-0.05, 0) is 48.8 Å². The molecule has 2 unspecified atom stereocenters. The van der Waals surface area contributed by atoms with Crippen LogP contribution in [-0.2, 0) is 5.41 Å². The standard InChI is InChI=1S/C15H19NO/c17-14-3-1-2-12(6-14)15-7-13(15)9-16(10-15)8-11-4-5-11/h1-3,6,11,13,17H,4-5,7-10H2. The van der Waals surface area contributed by atoms with Crippen molar-refractivity contribution in [2.24, 2.45) is 11.8 Å². The van der Waals surface area contributed by atoms with Gasteiger partial charge in [0.15, 0.2) is 0 Å². The third-order valence-electron chi connectivity index (χ3n) is 4.85. The molecule has 17 heavy (non-hydrogen) atoms. The highest BCUT2D eigenvalue weighted by Crippen LogP contribution is 2.59. The summed E-state index contributed by atoms with van der Waals surface area (Å²) in [5.41, 5.74) is 1.76.